The lowest BCUT2D eigenvalue weighted by atomic mass is 9.73. The van der Waals surface area contributed by atoms with Gasteiger partial charge >= 0.3 is 5.97 Å². The van der Waals surface area contributed by atoms with E-state index in [4.69, 9.17) is 5.11 Å². The van der Waals surface area contributed by atoms with Crippen molar-refractivity contribution in [1.29, 1.82) is 0 Å². The monoisotopic (exact) mass is 318 g/mol. The lowest BCUT2D eigenvalue weighted by Gasteiger charge is -2.33. The van der Waals surface area contributed by atoms with Crippen molar-refractivity contribution in [2.75, 3.05) is 25.9 Å². The fraction of sp³-hybridized carbons (Fsp3) is 0.846. The Balaban J connectivity index is 1.73. The van der Waals surface area contributed by atoms with E-state index in [2.05, 4.69) is 5.32 Å². The number of carbonyl (C=O) groups is 2. The van der Waals surface area contributed by atoms with E-state index < -0.39 is 27.8 Å². The van der Waals surface area contributed by atoms with Gasteiger partial charge in [-0.15, -0.1) is 0 Å². The Morgan fingerprint density at radius 2 is 1.71 bits per heavy atom. The first-order valence-electron chi connectivity index (χ1n) is 7.24. The molecule has 2 N–H and O–H groups in total. The molecule has 1 aliphatic heterocycles. The van der Waals surface area contributed by atoms with Gasteiger partial charge in [0.2, 0.25) is 15.9 Å². The summed E-state index contributed by atoms with van der Waals surface area (Å²) in [5, 5.41) is 11.8. The van der Waals surface area contributed by atoms with Crippen molar-refractivity contribution < 1.29 is 23.1 Å². The van der Waals surface area contributed by atoms with Crippen molar-refractivity contribution in [2.45, 2.75) is 25.7 Å². The molecule has 0 radical (unpaired) electrons. The number of hydrogen-bond acceptors (Lipinski definition) is 4. The van der Waals surface area contributed by atoms with Gasteiger partial charge < -0.3 is 10.4 Å². The van der Waals surface area contributed by atoms with E-state index >= 15 is 0 Å². The highest BCUT2D eigenvalue weighted by Crippen LogP contribution is 2.34. The molecule has 2 unspecified atom stereocenters. The van der Waals surface area contributed by atoms with Crippen LogP contribution in [0.4, 0.5) is 0 Å². The van der Waals surface area contributed by atoms with Crippen molar-refractivity contribution in [3.8, 4) is 0 Å². The Bertz CT molecular complexity index is 511. The number of carboxylic acid groups (broad SMARTS) is 1. The van der Waals surface area contributed by atoms with Gasteiger partial charge in [-0.1, -0.05) is 0 Å². The number of carbonyl (C=O) groups excluding carboxylic acids is 1. The Morgan fingerprint density at radius 3 is 2.14 bits per heavy atom. The average Bonchev–Trinajstić information content (AvgIpc) is 2.33. The lowest BCUT2D eigenvalue weighted by molar-refractivity contribution is -0.152. The number of rotatable bonds is 5. The smallest absolute Gasteiger partial charge is 0.307 e. The summed E-state index contributed by atoms with van der Waals surface area (Å²) in [5.74, 6) is -1.77. The quantitative estimate of drug-likeness (QED) is 0.736. The molecule has 21 heavy (non-hydrogen) atoms. The first-order chi connectivity index (χ1) is 9.79. The molecule has 1 saturated carbocycles. The molecule has 2 atom stereocenters. The second kappa shape index (κ2) is 6.31. The van der Waals surface area contributed by atoms with Gasteiger partial charge in [-0.25, -0.2) is 12.7 Å². The van der Waals surface area contributed by atoms with Crippen LogP contribution in [-0.2, 0) is 19.6 Å². The fourth-order valence-electron chi connectivity index (χ4n) is 2.93. The van der Waals surface area contributed by atoms with Crippen LogP contribution in [0.25, 0.3) is 0 Å². The molecule has 0 aromatic heterocycles. The Hall–Kier alpha value is -1.15. The van der Waals surface area contributed by atoms with E-state index in [1.807, 2.05) is 0 Å². The van der Waals surface area contributed by atoms with Gasteiger partial charge in [0.15, 0.2) is 0 Å². The van der Waals surface area contributed by atoms with Gasteiger partial charge in [-0.3, -0.25) is 9.59 Å². The third-order valence-electron chi connectivity index (χ3n) is 4.54. The Labute approximate surface area is 124 Å². The molecule has 0 spiro atoms. The standard InChI is InChI=1S/C13H22N2O5S/c1-21(19,20)15-6-4-9(5-7-15)8-14-12(16)10-2-3-11(10)13(17)18/h9-11H,2-8H2,1H3,(H,14,16)(H,17,18). The maximum atomic E-state index is 11.9. The summed E-state index contributed by atoms with van der Waals surface area (Å²) in [4.78, 5) is 22.8. The minimum absolute atomic E-state index is 0.181. The van der Waals surface area contributed by atoms with Crippen LogP contribution < -0.4 is 5.32 Å². The highest BCUT2D eigenvalue weighted by atomic mass is 32.2. The summed E-state index contributed by atoms with van der Waals surface area (Å²) >= 11 is 0. The Morgan fingerprint density at radius 1 is 1.14 bits per heavy atom. The van der Waals surface area contributed by atoms with E-state index in [-0.39, 0.29) is 11.8 Å². The van der Waals surface area contributed by atoms with Crippen molar-refractivity contribution in [3.63, 3.8) is 0 Å². The van der Waals surface area contributed by atoms with E-state index in [1.165, 1.54) is 10.6 Å². The zero-order chi connectivity index (χ0) is 15.6. The van der Waals surface area contributed by atoms with Crippen molar-refractivity contribution in [2.24, 2.45) is 17.8 Å². The molecule has 2 aliphatic rings. The number of nitrogens with one attached hydrogen (secondary N) is 1. The normalized spacial score (nSPS) is 27.9. The molecule has 0 aromatic carbocycles. The summed E-state index contributed by atoms with van der Waals surface area (Å²) in [6, 6.07) is 0. The topological polar surface area (TPSA) is 104 Å². The molecular weight excluding hydrogens is 296 g/mol. The summed E-state index contributed by atoms with van der Waals surface area (Å²) in [7, 11) is -3.12. The summed E-state index contributed by atoms with van der Waals surface area (Å²) < 4.78 is 24.2. The third-order valence-corrected chi connectivity index (χ3v) is 5.84. The van der Waals surface area contributed by atoms with E-state index in [9.17, 15) is 18.0 Å². The number of amides is 1. The van der Waals surface area contributed by atoms with Gasteiger partial charge in [0.1, 0.15) is 0 Å². The van der Waals surface area contributed by atoms with Crippen LogP contribution in [0.15, 0.2) is 0 Å². The molecular formula is C13H22N2O5S. The average molecular weight is 318 g/mol. The molecule has 120 valence electrons. The van der Waals surface area contributed by atoms with Crippen LogP contribution in [0, 0.1) is 17.8 Å². The molecule has 1 amide bonds. The van der Waals surface area contributed by atoms with Gasteiger partial charge in [0, 0.05) is 19.6 Å². The van der Waals surface area contributed by atoms with Gasteiger partial charge in [-0.2, -0.15) is 0 Å². The number of hydrogen-bond donors (Lipinski definition) is 2. The molecule has 2 rings (SSSR count). The van der Waals surface area contributed by atoms with Crippen molar-refractivity contribution in [3.05, 3.63) is 0 Å². The molecule has 1 saturated heterocycles. The number of nitrogens with zero attached hydrogens (tertiary/aromatic N) is 1. The van der Waals surface area contributed by atoms with Gasteiger partial charge in [0.05, 0.1) is 18.1 Å². The zero-order valence-electron chi connectivity index (χ0n) is 12.1. The highest BCUT2D eigenvalue weighted by molar-refractivity contribution is 7.88. The molecule has 0 bridgehead atoms. The summed E-state index contributed by atoms with van der Waals surface area (Å²) in [6.45, 7) is 1.47. The fourth-order valence-corrected chi connectivity index (χ4v) is 3.80. The minimum atomic E-state index is -3.12. The second-order valence-electron chi connectivity index (χ2n) is 5.98. The van der Waals surface area contributed by atoms with Crippen molar-refractivity contribution in [1.82, 2.24) is 9.62 Å². The van der Waals surface area contributed by atoms with Crippen LogP contribution in [0.5, 0.6) is 0 Å². The third kappa shape index (κ3) is 3.94. The number of aliphatic carboxylic acids is 1. The second-order valence-corrected chi connectivity index (χ2v) is 7.96. The van der Waals surface area contributed by atoms with E-state index in [0.29, 0.717) is 32.5 Å². The first kappa shape index (κ1) is 16.2. The number of piperidine rings is 1. The largest absolute Gasteiger partial charge is 0.481 e. The minimum Gasteiger partial charge on any atom is -0.481 e. The molecule has 8 heteroatoms. The molecule has 1 heterocycles. The van der Waals surface area contributed by atoms with Crippen LogP contribution in [0.1, 0.15) is 25.7 Å². The lowest BCUT2D eigenvalue weighted by Crippen LogP contribution is -2.46. The maximum absolute atomic E-state index is 11.9. The van der Waals surface area contributed by atoms with Gasteiger partial charge in [0.25, 0.3) is 0 Å². The van der Waals surface area contributed by atoms with Crippen LogP contribution in [-0.4, -0.2) is 55.6 Å². The molecule has 1 aliphatic carbocycles. The zero-order valence-corrected chi connectivity index (χ0v) is 12.9. The van der Waals surface area contributed by atoms with Crippen LogP contribution in [0.2, 0.25) is 0 Å². The molecule has 2 fully saturated rings. The number of sulfonamides is 1. The maximum Gasteiger partial charge on any atom is 0.307 e. The predicted octanol–water partition coefficient (Wildman–Crippen LogP) is -0.115. The highest BCUT2D eigenvalue weighted by Gasteiger charge is 2.41. The molecule has 0 aromatic rings. The van der Waals surface area contributed by atoms with Crippen molar-refractivity contribution >= 4 is 21.9 Å². The Kier molecular flexibility index (Phi) is 4.88. The van der Waals surface area contributed by atoms with E-state index in [0.717, 1.165) is 12.8 Å². The summed E-state index contributed by atoms with van der Waals surface area (Å²) in [6.07, 6.45) is 3.86. The first-order valence-corrected chi connectivity index (χ1v) is 9.09. The predicted molar refractivity (Wildman–Crippen MR) is 76.0 cm³/mol. The van der Waals surface area contributed by atoms with Crippen LogP contribution >= 0.6 is 0 Å². The summed E-state index contributed by atoms with van der Waals surface area (Å²) in [5.41, 5.74) is 0. The molecule has 7 nitrogen and oxygen atoms in total. The van der Waals surface area contributed by atoms with Crippen LogP contribution in [0.3, 0.4) is 0 Å². The van der Waals surface area contributed by atoms with Gasteiger partial charge in [-0.05, 0) is 31.6 Å². The SMILES string of the molecule is CS(=O)(=O)N1CCC(CNC(=O)C2CCC2C(=O)O)CC1. The van der Waals surface area contributed by atoms with E-state index in [1.54, 1.807) is 0 Å². The number of carboxylic acids is 1.